The molecule has 1 aromatic heterocycles. The molecule has 0 radical (unpaired) electrons. The highest BCUT2D eigenvalue weighted by molar-refractivity contribution is 5.38. The van der Waals surface area contributed by atoms with Crippen molar-refractivity contribution in [3.05, 3.63) is 17.0 Å². The molecule has 0 amide bonds. The van der Waals surface area contributed by atoms with E-state index >= 15 is 0 Å². The van der Waals surface area contributed by atoms with E-state index in [1.807, 2.05) is 0 Å². The first-order valence-corrected chi connectivity index (χ1v) is 5.58. The molecule has 0 aliphatic carbocycles. The first kappa shape index (κ1) is 10.4. The van der Waals surface area contributed by atoms with E-state index in [0.29, 0.717) is 0 Å². The molecular weight excluding hydrogens is 188 g/mol. The summed E-state index contributed by atoms with van der Waals surface area (Å²) in [7, 11) is 0. The van der Waals surface area contributed by atoms with Crippen molar-refractivity contribution in [3.8, 4) is 0 Å². The van der Waals surface area contributed by atoms with Gasteiger partial charge >= 0.3 is 0 Å². The Hall–Kier alpha value is -1.16. The zero-order chi connectivity index (χ0) is 10.8. The van der Waals surface area contributed by atoms with Crippen molar-refractivity contribution < 1.29 is 0 Å². The molecule has 0 fully saturated rings. The summed E-state index contributed by atoms with van der Waals surface area (Å²) in [5.41, 5.74) is 3.57. The minimum Gasteiger partial charge on any atom is -0.341 e. The lowest BCUT2D eigenvalue weighted by molar-refractivity contribution is 0.754. The second-order valence-electron chi connectivity index (χ2n) is 3.81. The third kappa shape index (κ3) is 1.81. The van der Waals surface area contributed by atoms with Gasteiger partial charge in [-0.1, -0.05) is 0 Å². The number of rotatable bonds is 3. The van der Waals surface area contributed by atoms with Crippen molar-refractivity contribution in [1.82, 2.24) is 15.3 Å². The molecule has 0 unspecified atom stereocenters. The van der Waals surface area contributed by atoms with Crippen molar-refractivity contribution in [2.24, 2.45) is 0 Å². The number of aryl methyl sites for hydroxylation is 1. The minimum absolute atomic E-state index is 0.875. The highest BCUT2D eigenvalue weighted by Crippen LogP contribution is 2.19. The van der Waals surface area contributed by atoms with Gasteiger partial charge in [-0.15, -0.1) is 0 Å². The average Bonchev–Trinajstić information content (AvgIpc) is 2.68. The number of hydrogen-bond donors (Lipinski definition) is 1. The quantitative estimate of drug-likeness (QED) is 0.807. The smallest absolute Gasteiger partial charge is 0.225 e. The van der Waals surface area contributed by atoms with Crippen LogP contribution in [0, 0.1) is 6.92 Å². The Morgan fingerprint density at radius 3 is 2.60 bits per heavy atom. The molecule has 2 rings (SSSR count). The topological polar surface area (TPSA) is 41.1 Å². The van der Waals surface area contributed by atoms with Gasteiger partial charge in [0.2, 0.25) is 5.95 Å². The molecule has 1 aliphatic heterocycles. The summed E-state index contributed by atoms with van der Waals surface area (Å²) >= 11 is 0. The Balaban J connectivity index is 2.38. The van der Waals surface area contributed by atoms with Gasteiger partial charge in [0, 0.05) is 37.4 Å². The molecule has 0 spiro atoms. The van der Waals surface area contributed by atoms with Crippen LogP contribution in [0.5, 0.6) is 0 Å². The second-order valence-corrected chi connectivity index (χ2v) is 3.81. The molecule has 4 nitrogen and oxygen atoms in total. The Kier molecular flexibility index (Phi) is 2.86. The van der Waals surface area contributed by atoms with E-state index in [1.54, 1.807) is 0 Å². The number of nitrogens with zero attached hydrogens (tertiary/aromatic N) is 3. The lowest BCUT2D eigenvalue weighted by Crippen LogP contribution is -2.25. The molecule has 0 saturated heterocycles. The van der Waals surface area contributed by atoms with Gasteiger partial charge < -0.3 is 10.2 Å². The van der Waals surface area contributed by atoms with Crippen LogP contribution in [0.4, 0.5) is 5.95 Å². The molecular formula is C11H18N4. The summed E-state index contributed by atoms with van der Waals surface area (Å²) in [5.74, 6) is 0.875. The monoisotopic (exact) mass is 206 g/mol. The van der Waals surface area contributed by atoms with Crippen LogP contribution >= 0.6 is 0 Å². The molecule has 2 heterocycles. The summed E-state index contributed by atoms with van der Waals surface area (Å²) in [6.07, 6.45) is 0. The SMILES string of the molecule is CCN(CC)c1nc(C)c2c(n1)CNC2. The summed E-state index contributed by atoms with van der Waals surface area (Å²) in [4.78, 5) is 11.4. The van der Waals surface area contributed by atoms with Crippen LogP contribution in [-0.4, -0.2) is 23.1 Å². The highest BCUT2D eigenvalue weighted by atomic mass is 15.2. The molecule has 1 N–H and O–H groups in total. The van der Waals surface area contributed by atoms with Gasteiger partial charge in [0.05, 0.1) is 5.69 Å². The Bertz CT molecular complexity index is 358. The lowest BCUT2D eigenvalue weighted by Gasteiger charge is -2.19. The standard InChI is InChI=1S/C11H18N4/c1-4-15(5-2)11-13-8(3)9-6-12-7-10(9)14-11/h12H,4-7H2,1-3H3. The summed E-state index contributed by atoms with van der Waals surface area (Å²) in [6.45, 7) is 10.1. The molecule has 0 aromatic carbocycles. The lowest BCUT2D eigenvalue weighted by atomic mass is 10.2. The van der Waals surface area contributed by atoms with Gasteiger partial charge in [-0.25, -0.2) is 9.97 Å². The van der Waals surface area contributed by atoms with Crippen molar-refractivity contribution in [2.75, 3.05) is 18.0 Å². The number of fused-ring (bicyclic) bond motifs is 1. The Labute approximate surface area is 90.7 Å². The van der Waals surface area contributed by atoms with Crippen molar-refractivity contribution in [1.29, 1.82) is 0 Å². The summed E-state index contributed by atoms with van der Waals surface area (Å²) in [5, 5.41) is 3.31. The molecule has 4 heteroatoms. The predicted octanol–water partition coefficient (Wildman–Crippen LogP) is 1.23. The van der Waals surface area contributed by atoms with Gasteiger partial charge in [-0.05, 0) is 20.8 Å². The van der Waals surface area contributed by atoms with E-state index in [-0.39, 0.29) is 0 Å². The van der Waals surface area contributed by atoms with E-state index < -0.39 is 0 Å². The maximum Gasteiger partial charge on any atom is 0.225 e. The molecule has 1 aliphatic rings. The molecule has 0 atom stereocenters. The van der Waals surface area contributed by atoms with Crippen LogP contribution < -0.4 is 10.2 Å². The van der Waals surface area contributed by atoms with Crippen LogP contribution in [0.15, 0.2) is 0 Å². The second kappa shape index (κ2) is 4.14. The van der Waals surface area contributed by atoms with Gasteiger partial charge in [-0.3, -0.25) is 0 Å². The largest absolute Gasteiger partial charge is 0.341 e. The van der Waals surface area contributed by atoms with E-state index in [1.165, 1.54) is 11.3 Å². The van der Waals surface area contributed by atoms with Crippen LogP contribution in [0.2, 0.25) is 0 Å². The predicted molar refractivity (Wildman–Crippen MR) is 60.9 cm³/mol. The zero-order valence-electron chi connectivity index (χ0n) is 9.67. The molecule has 0 bridgehead atoms. The first-order chi connectivity index (χ1) is 7.26. The van der Waals surface area contributed by atoms with E-state index in [2.05, 4.69) is 41.0 Å². The maximum atomic E-state index is 4.61. The van der Waals surface area contributed by atoms with Gasteiger partial charge in [0.15, 0.2) is 0 Å². The summed E-state index contributed by atoms with van der Waals surface area (Å²) < 4.78 is 0. The normalized spacial score (nSPS) is 14.1. The fourth-order valence-corrected chi connectivity index (χ4v) is 1.97. The van der Waals surface area contributed by atoms with Gasteiger partial charge in [0.1, 0.15) is 0 Å². The van der Waals surface area contributed by atoms with Gasteiger partial charge in [0.25, 0.3) is 0 Å². The Morgan fingerprint density at radius 1 is 1.20 bits per heavy atom. The first-order valence-electron chi connectivity index (χ1n) is 5.58. The number of anilines is 1. The van der Waals surface area contributed by atoms with E-state index in [4.69, 9.17) is 0 Å². The number of aromatic nitrogens is 2. The zero-order valence-corrected chi connectivity index (χ0v) is 9.67. The van der Waals surface area contributed by atoms with E-state index in [0.717, 1.165) is 37.8 Å². The summed E-state index contributed by atoms with van der Waals surface area (Å²) in [6, 6.07) is 0. The van der Waals surface area contributed by atoms with Crippen LogP contribution in [0.3, 0.4) is 0 Å². The average molecular weight is 206 g/mol. The third-order valence-corrected chi connectivity index (χ3v) is 2.93. The fraction of sp³-hybridized carbons (Fsp3) is 0.636. The maximum absolute atomic E-state index is 4.61. The highest BCUT2D eigenvalue weighted by Gasteiger charge is 2.17. The van der Waals surface area contributed by atoms with Crippen molar-refractivity contribution in [3.63, 3.8) is 0 Å². The molecule has 0 saturated carbocycles. The molecule has 1 aromatic rings. The molecule has 15 heavy (non-hydrogen) atoms. The van der Waals surface area contributed by atoms with Crippen molar-refractivity contribution in [2.45, 2.75) is 33.9 Å². The van der Waals surface area contributed by atoms with Crippen LogP contribution in [0.25, 0.3) is 0 Å². The van der Waals surface area contributed by atoms with Crippen LogP contribution in [0.1, 0.15) is 30.8 Å². The Morgan fingerprint density at radius 2 is 1.93 bits per heavy atom. The number of nitrogens with one attached hydrogen (secondary N) is 1. The third-order valence-electron chi connectivity index (χ3n) is 2.93. The molecule has 82 valence electrons. The minimum atomic E-state index is 0.875. The fourth-order valence-electron chi connectivity index (χ4n) is 1.97. The van der Waals surface area contributed by atoms with Gasteiger partial charge in [-0.2, -0.15) is 0 Å². The van der Waals surface area contributed by atoms with Crippen molar-refractivity contribution >= 4 is 5.95 Å². The number of hydrogen-bond acceptors (Lipinski definition) is 4. The van der Waals surface area contributed by atoms with Crippen LogP contribution in [-0.2, 0) is 13.1 Å². The van der Waals surface area contributed by atoms with E-state index in [9.17, 15) is 0 Å².